The fraction of sp³-hybridized carbons (Fsp3) is 1.00. The predicted octanol–water partition coefficient (Wildman–Crippen LogP) is 1.86. The monoisotopic (exact) mass is 196 g/mol. The molecule has 0 aromatic carbocycles. The largest absolute Gasteiger partial charge is 0.314 e. The van der Waals surface area contributed by atoms with E-state index in [0.717, 1.165) is 18.0 Å². The van der Waals surface area contributed by atoms with Gasteiger partial charge in [0.2, 0.25) is 0 Å². The van der Waals surface area contributed by atoms with Crippen LogP contribution in [0.4, 0.5) is 0 Å². The summed E-state index contributed by atoms with van der Waals surface area (Å²) in [4.78, 5) is 2.60. The number of hydrogen-bond acceptors (Lipinski definition) is 2. The normalized spacial score (nSPS) is 29.8. The molecule has 0 bridgehead atoms. The van der Waals surface area contributed by atoms with Crippen molar-refractivity contribution in [1.82, 2.24) is 10.2 Å². The van der Waals surface area contributed by atoms with Gasteiger partial charge in [-0.2, -0.15) is 0 Å². The fourth-order valence-corrected chi connectivity index (χ4v) is 2.44. The van der Waals surface area contributed by atoms with Crippen molar-refractivity contribution in [3.05, 3.63) is 0 Å². The molecule has 1 N–H and O–H groups in total. The Kier molecular flexibility index (Phi) is 3.45. The highest BCUT2D eigenvalue weighted by Gasteiger charge is 2.25. The summed E-state index contributed by atoms with van der Waals surface area (Å²) in [6.07, 6.45) is 5.68. The summed E-state index contributed by atoms with van der Waals surface area (Å²) in [5.74, 6) is 0.915. The van der Waals surface area contributed by atoms with E-state index < -0.39 is 0 Å². The highest BCUT2D eigenvalue weighted by atomic mass is 15.2. The first-order chi connectivity index (χ1) is 6.75. The zero-order valence-electron chi connectivity index (χ0n) is 9.63. The number of likely N-dealkylation sites (tertiary alicyclic amines) is 1. The number of hydrogen-bond donors (Lipinski definition) is 1. The van der Waals surface area contributed by atoms with Crippen molar-refractivity contribution in [3.8, 4) is 0 Å². The van der Waals surface area contributed by atoms with Crippen LogP contribution in [0.15, 0.2) is 0 Å². The Labute approximate surface area is 88.1 Å². The van der Waals surface area contributed by atoms with E-state index in [0.29, 0.717) is 0 Å². The summed E-state index contributed by atoms with van der Waals surface area (Å²) >= 11 is 0. The van der Waals surface area contributed by atoms with Gasteiger partial charge in [0.05, 0.1) is 0 Å². The molecule has 2 nitrogen and oxygen atoms in total. The van der Waals surface area contributed by atoms with Crippen molar-refractivity contribution in [2.45, 2.75) is 51.6 Å². The van der Waals surface area contributed by atoms with Crippen molar-refractivity contribution in [3.63, 3.8) is 0 Å². The standard InChI is InChI=1S/C12H24N2/c1-10(2)14-7-6-11(9-14)8-13-12-4-3-5-12/h10-13H,3-9H2,1-2H3. The van der Waals surface area contributed by atoms with E-state index in [4.69, 9.17) is 0 Å². The van der Waals surface area contributed by atoms with Gasteiger partial charge < -0.3 is 10.2 Å². The number of rotatable bonds is 4. The minimum Gasteiger partial charge on any atom is -0.314 e. The van der Waals surface area contributed by atoms with Gasteiger partial charge in [0.25, 0.3) is 0 Å². The summed E-state index contributed by atoms with van der Waals surface area (Å²) in [7, 11) is 0. The van der Waals surface area contributed by atoms with Gasteiger partial charge >= 0.3 is 0 Å². The van der Waals surface area contributed by atoms with Crippen LogP contribution in [0.25, 0.3) is 0 Å². The predicted molar refractivity (Wildman–Crippen MR) is 60.5 cm³/mol. The molecule has 1 aliphatic heterocycles. The van der Waals surface area contributed by atoms with Crippen LogP contribution >= 0.6 is 0 Å². The van der Waals surface area contributed by atoms with Crippen LogP contribution in [0.1, 0.15) is 39.5 Å². The molecule has 1 atom stereocenters. The molecular weight excluding hydrogens is 172 g/mol. The zero-order chi connectivity index (χ0) is 9.97. The number of nitrogens with zero attached hydrogens (tertiary/aromatic N) is 1. The van der Waals surface area contributed by atoms with Crippen molar-refractivity contribution < 1.29 is 0 Å². The van der Waals surface area contributed by atoms with Crippen LogP contribution in [0, 0.1) is 5.92 Å². The Morgan fingerprint density at radius 1 is 1.29 bits per heavy atom. The van der Waals surface area contributed by atoms with Crippen molar-refractivity contribution in [1.29, 1.82) is 0 Å². The maximum absolute atomic E-state index is 3.69. The molecule has 14 heavy (non-hydrogen) atoms. The zero-order valence-corrected chi connectivity index (χ0v) is 9.63. The van der Waals surface area contributed by atoms with Gasteiger partial charge in [0, 0.05) is 18.6 Å². The average Bonchev–Trinajstić information content (AvgIpc) is 2.50. The summed E-state index contributed by atoms with van der Waals surface area (Å²) in [5, 5.41) is 3.69. The second-order valence-electron chi connectivity index (χ2n) is 5.28. The quantitative estimate of drug-likeness (QED) is 0.738. The molecule has 2 fully saturated rings. The molecule has 0 spiro atoms. The second kappa shape index (κ2) is 4.63. The lowest BCUT2D eigenvalue weighted by Gasteiger charge is -2.28. The molecule has 1 saturated heterocycles. The first kappa shape index (κ1) is 10.4. The molecule has 0 aromatic heterocycles. The van der Waals surface area contributed by atoms with Crippen LogP contribution in [0.2, 0.25) is 0 Å². The average molecular weight is 196 g/mol. The van der Waals surface area contributed by atoms with E-state index >= 15 is 0 Å². The molecule has 1 heterocycles. The van der Waals surface area contributed by atoms with Crippen molar-refractivity contribution in [2.75, 3.05) is 19.6 Å². The van der Waals surface area contributed by atoms with Crippen LogP contribution < -0.4 is 5.32 Å². The molecule has 0 amide bonds. The van der Waals surface area contributed by atoms with Gasteiger partial charge in [-0.1, -0.05) is 6.42 Å². The first-order valence-electron chi connectivity index (χ1n) is 6.23. The van der Waals surface area contributed by atoms with E-state index in [-0.39, 0.29) is 0 Å². The molecular formula is C12H24N2. The lowest BCUT2D eigenvalue weighted by atomic mass is 9.92. The summed E-state index contributed by atoms with van der Waals surface area (Å²) in [6.45, 7) is 8.50. The second-order valence-corrected chi connectivity index (χ2v) is 5.28. The van der Waals surface area contributed by atoms with Crippen LogP contribution in [0.5, 0.6) is 0 Å². The summed E-state index contributed by atoms with van der Waals surface area (Å²) in [6, 6.07) is 1.60. The maximum atomic E-state index is 3.69. The van der Waals surface area contributed by atoms with Gasteiger partial charge in [-0.15, -0.1) is 0 Å². The van der Waals surface area contributed by atoms with Crippen LogP contribution in [-0.2, 0) is 0 Å². The third-order valence-electron chi connectivity index (χ3n) is 3.85. The highest BCUT2D eigenvalue weighted by Crippen LogP contribution is 2.21. The molecule has 1 saturated carbocycles. The van der Waals surface area contributed by atoms with Crippen molar-refractivity contribution in [2.24, 2.45) is 5.92 Å². The van der Waals surface area contributed by atoms with Gasteiger partial charge in [0.15, 0.2) is 0 Å². The van der Waals surface area contributed by atoms with E-state index in [9.17, 15) is 0 Å². The Morgan fingerprint density at radius 2 is 2.07 bits per heavy atom. The third-order valence-corrected chi connectivity index (χ3v) is 3.85. The molecule has 82 valence electrons. The Morgan fingerprint density at radius 3 is 2.57 bits per heavy atom. The minimum absolute atomic E-state index is 0.740. The smallest absolute Gasteiger partial charge is 0.00672 e. The highest BCUT2D eigenvalue weighted by molar-refractivity contribution is 4.82. The lowest BCUT2D eigenvalue weighted by molar-refractivity contribution is 0.257. The molecule has 2 aliphatic rings. The Hall–Kier alpha value is -0.0800. The minimum atomic E-state index is 0.740. The molecule has 0 aromatic rings. The maximum Gasteiger partial charge on any atom is 0.00672 e. The van der Waals surface area contributed by atoms with Crippen molar-refractivity contribution >= 4 is 0 Å². The molecule has 2 heteroatoms. The van der Waals surface area contributed by atoms with Gasteiger partial charge in [0.1, 0.15) is 0 Å². The fourth-order valence-electron chi connectivity index (χ4n) is 2.44. The van der Waals surface area contributed by atoms with E-state index in [1.165, 1.54) is 45.3 Å². The molecule has 2 rings (SSSR count). The Bertz CT molecular complexity index is 175. The van der Waals surface area contributed by atoms with E-state index in [1.54, 1.807) is 0 Å². The van der Waals surface area contributed by atoms with E-state index in [2.05, 4.69) is 24.1 Å². The molecule has 1 aliphatic carbocycles. The topological polar surface area (TPSA) is 15.3 Å². The number of nitrogens with one attached hydrogen (secondary N) is 1. The first-order valence-corrected chi connectivity index (χ1v) is 6.23. The summed E-state index contributed by atoms with van der Waals surface area (Å²) in [5.41, 5.74) is 0. The van der Waals surface area contributed by atoms with Crippen LogP contribution in [0.3, 0.4) is 0 Å². The third kappa shape index (κ3) is 2.48. The molecule has 0 radical (unpaired) electrons. The molecule has 1 unspecified atom stereocenters. The van der Waals surface area contributed by atoms with Gasteiger partial charge in [-0.05, 0) is 52.1 Å². The summed E-state index contributed by atoms with van der Waals surface area (Å²) < 4.78 is 0. The van der Waals surface area contributed by atoms with Gasteiger partial charge in [-0.3, -0.25) is 0 Å². The van der Waals surface area contributed by atoms with Crippen LogP contribution in [-0.4, -0.2) is 36.6 Å². The lowest BCUT2D eigenvalue weighted by Crippen LogP contribution is -2.39. The SMILES string of the molecule is CC(C)N1CCC(CNC2CCC2)C1. The Balaban J connectivity index is 1.62. The van der Waals surface area contributed by atoms with Gasteiger partial charge in [-0.25, -0.2) is 0 Å². The van der Waals surface area contributed by atoms with E-state index in [1.807, 2.05) is 0 Å².